The number of hydrogen-bond acceptors (Lipinski definition) is 5. The van der Waals surface area contributed by atoms with Crippen LogP contribution in [-0.2, 0) is 6.42 Å². The smallest absolute Gasteiger partial charge is 1.00 e. The molecule has 1 unspecified atom stereocenters. The van der Waals surface area contributed by atoms with Crippen molar-refractivity contribution in [3.63, 3.8) is 0 Å². The first-order valence-electron chi connectivity index (χ1n) is 10.3. The third-order valence-corrected chi connectivity index (χ3v) is 8.55. The first-order chi connectivity index (χ1) is 15.7. The summed E-state index contributed by atoms with van der Waals surface area (Å²) in [6.45, 7) is 3.18. The number of nitrogens with zero attached hydrogens (tertiary/aromatic N) is 2. The molecule has 2 aromatic heterocycles. The van der Waals surface area contributed by atoms with Crippen molar-refractivity contribution in [3.05, 3.63) is 66.9 Å². The number of nitrogens with one attached hydrogen (secondary N) is 2. The van der Waals surface area contributed by atoms with Crippen molar-refractivity contribution in [2.24, 2.45) is 11.8 Å². The van der Waals surface area contributed by atoms with Crippen molar-refractivity contribution in [3.8, 4) is 0 Å². The molecule has 1 amide bonds. The third-order valence-electron chi connectivity index (χ3n) is 6.21. The fraction of sp³-hybridized carbons (Fsp3) is 0.318. The number of carbonyl (C=O) groups excluding carboxylic acids is 1. The number of aryl methyl sites for hydroxylation is 1. The number of halogens is 3. The predicted octanol–water partition coefficient (Wildman–Crippen LogP) is 2.01. The number of benzene rings is 1. The van der Waals surface area contributed by atoms with Crippen LogP contribution < -0.4 is 29.1 Å². The number of anilines is 1. The Bertz CT molecular complexity index is 1260. The fourth-order valence-corrected chi connectivity index (χ4v) is 5.89. The number of thiazole rings is 1. The molecular weight excluding hydrogens is 514 g/mol. The molecule has 1 aliphatic heterocycles. The van der Waals surface area contributed by atoms with Gasteiger partial charge in [0.25, 0.3) is 5.91 Å². The van der Waals surface area contributed by atoms with E-state index in [1.54, 1.807) is 19.1 Å². The third kappa shape index (κ3) is 4.73. The molecular formula is C22H20Cl3LiN4O3S. The maximum absolute atomic E-state index is 12.6. The minimum Gasteiger partial charge on any atom is -1.00 e. The Morgan fingerprint density at radius 3 is 2.41 bits per heavy atom. The van der Waals surface area contributed by atoms with E-state index in [-0.39, 0.29) is 59.7 Å². The standard InChI is InChI=1S/C22H19Cl3N4O3S.Li.H/c1-9-15(24)16(25)18(26-9)20(30)28-17-12-7-29(8-13(12)17)22-27-14(19(33-22)21(31)32)6-10-2-4-11(23)5-3-10;;/h2-5,12-13,17,26H,6-8H2,1H3,(H,28,30)(H,31,32);;/q;+1;-1/t12-,13+,17?;;. The summed E-state index contributed by atoms with van der Waals surface area (Å²) in [5.74, 6) is -0.671. The van der Waals surface area contributed by atoms with Crippen LogP contribution in [0.4, 0.5) is 5.13 Å². The minimum absolute atomic E-state index is 0. The van der Waals surface area contributed by atoms with Crippen LogP contribution in [0.1, 0.15) is 38.5 Å². The topological polar surface area (TPSA) is 98.3 Å². The molecule has 7 nitrogen and oxygen atoms in total. The fourth-order valence-electron chi connectivity index (χ4n) is 4.41. The molecule has 3 N–H and O–H groups in total. The van der Waals surface area contributed by atoms with Crippen molar-refractivity contribution < 1.29 is 35.0 Å². The zero-order valence-electron chi connectivity index (χ0n) is 19.4. The molecule has 1 saturated heterocycles. The summed E-state index contributed by atoms with van der Waals surface area (Å²) in [6, 6.07) is 7.36. The second-order valence-corrected chi connectivity index (χ2v) is 10.5. The van der Waals surface area contributed by atoms with Crippen LogP contribution in [0.5, 0.6) is 0 Å². The van der Waals surface area contributed by atoms with Crippen molar-refractivity contribution in [1.29, 1.82) is 0 Å². The molecule has 3 atom stereocenters. The van der Waals surface area contributed by atoms with Gasteiger partial charge in [0.2, 0.25) is 0 Å². The molecule has 2 fully saturated rings. The Labute approximate surface area is 228 Å². The van der Waals surface area contributed by atoms with Gasteiger partial charge in [-0.25, -0.2) is 9.78 Å². The van der Waals surface area contributed by atoms with E-state index in [0.717, 1.165) is 5.56 Å². The molecule has 12 heteroatoms. The Morgan fingerprint density at radius 2 is 1.85 bits per heavy atom. The molecule has 34 heavy (non-hydrogen) atoms. The van der Waals surface area contributed by atoms with Crippen molar-refractivity contribution >= 4 is 63.1 Å². The Hall–Kier alpha value is -1.66. The number of hydrogen-bond donors (Lipinski definition) is 3. The van der Waals surface area contributed by atoms with Crippen molar-refractivity contribution in [2.75, 3.05) is 18.0 Å². The molecule has 174 valence electrons. The summed E-state index contributed by atoms with van der Waals surface area (Å²) in [5, 5.41) is 14.6. The monoisotopic (exact) mass is 532 g/mol. The van der Waals surface area contributed by atoms with Crippen LogP contribution in [0.2, 0.25) is 15.1 Å². The van der Waals surface area contributed by atoms with Crippen LogP contribution in [0.25, 0.3) is 0 Å². The molecule has 1 aromatic carbocycles. The second kappa shape index (κ2) is 9.77. The zero-order chi connectivity index (χ0) is 23.4. The summed E-state index contributed by atoms with van der Waals surface area (Å²) in [6.07, 6.45) is 0.424. The van der Waals surface area contributed by atoms with Crippen LogP contribution in [0, 0.1) is 18.8 Å². The maximum Gasteiger partial charge on any atom is 1.00 e. The first-order valence-corrected chi connectivity index (χ1v) is 12.2. The van der Waals surface area contributed by atoms with Crippen LogP contribution >= 0.6 is 46.1 Å². The molecule has 3 aromatic rings. The largest absolute Gasteiger partial charge is 1.00 e. The summed E-state index contributed by atoms with van der Waals surface area (Å²) < 4.78 is 0. The van der Waals surface area contributed by atoms with Gasteiger partial charge in [-0.3, -0.25) is 4.79 Å². The van der Waals surface area contributed by atoms with E-state index in [1.807, 2.05) is 12.1 Å². The molecule has 0 radical (unpaired) electrons. The first kappa shape index (κ1) is 25.4. The van der Waals surface area contributed by atoms with Gasteiger partial charge in [-0.05, 0) is 24.6 Å². The van der Waals surface area contributed by atoms with Gasteiger partial charge < -0.3 is 21.7 Å². The van der Waals surface area contributed by atoms with Gasteiger partial charge in [-0.2, -0.15) is 0 Å². The number of carboxylic acid groups (broad SMARTS) is 1. The van der Waals surface area contributed by atoms with Crippen molar-refractivity contribution in [1.82, 2.24) is 15.3 Å². The van der Waals surface area contributed by atoms with Crippen LogP contribution in [-0.4, -0.2) is 46.1 Å². The van der Waals surface area contributed by atoms with E-state index in [4.69, 9.17) is 34.8 Å². The van der Waals surface area contributed by atoms with Gasteiger partial charge in [0.05, 0.1) is 15.7 Å². The number of amides is 1. The van der Waals surface area contributed by atoms with Crippen molar-refractivity contribution in [2.45, 2.75) is 19.4 Å². The number of aromatic nitrogens is 2. The predicted molar refractivity (Wildman–Crippen MR) is 130 cm³/mol. The normalized spacial score (nSPS) is 20.6. The second-order valence-electron chi connectivity index (χ2n) is 8.37. The summed E-state index contributed by atoms with van der Waals surface area (Å²) in [5.41, 5.74) is 2.42. The minimum atomic E-state index is -0.978. The van der Waals surface area contributed by atoms with Gasteiger partial charge in [-0.1, -0.05) is 58.3 Å². The Morgan fingerprint density at radius 1 is 1.21 bits per heavy atom. The average Bonchev–Trinajstić information content (AvgIpc) is 3.14. The van der Waals surface area contributed by atoms with Gasteiger partial charge >= 0.3 is 24.8 Å². The number of aromatic amines is 1. The molecule has 0 bridgehead atoms. The van der Waals surface area contributed by atoms with E-state index >= 15 is 0 Å². The molecule has 0 spiro atoms. The maximum atomic E-state index is 12.6. The number of aromatic carboxylic acids is 1. The Balaban J connectivity index is 0.00000171. The van der Waals surface area contributed by atoms with Gasteiger partial charge in [0.1, 0.15) is 10.6 Å². The van der Waals surface area contributed by atoms with Gasteiger partial charge in [0, 0.05) is 48.1 Å². The van der Waals surface area contributed by atoms with Crippen LogP contribution in [0.15, 0.2) is 24.3 Å². The number of H-pyrrole nitrogens is 1. The van der Waals surface area contributed by atoms with E-state index in [1.165, 1.54) is 11.3 Å². The summed E-state index contributed by atoms with van der Waals surface area (Å²) >= 11 is 19.4. The van der Waals surface area contributed by atoms with Gasteiger partial charge in [-0.15, -0.1) is 0 Å². The molecule has 5 rings (SSSR count). The molecule has 3 heterocycles. The number of piperidine rings is 1. The zero-order valence-corrected chi connectivity index (χ0v) is 21.4. The number of rotatable bonds is 6. The summed E-state index contributed by atoms with van der Waals surface area (Å²) in [7, 11) is 0. The quantitative estimate of drug-likeness (QED) is 0.421. The summed E-state index contributed by atoms with van der Waals surface area (Å²) in [4.78, 5) is 34.3. The Kier molecular flexibility index (Phi) is 7.31. The van der Waals surface area contributed by atoms with E-state index < -0.39 is 5.97 Å². The van der Waals surface area contributed by atoms with E-state index in [2.05, 4.69) is 20.2 Å². The SMILES string of the molecule is Cc1[nH]c(C(=O)NC2[C@H]3CN(c4nc(Cc5ccc(Cl)cc5)c(C(=O)O)s4)C[C@@H]23)c(Cl)c1Cl.[H-].[Li+]. The molecule has 2 aliphatic rings. The van der Waals surface area contributed by atoms with Gasteiger partial charge in [0.15, 0.2) is 5.13 Å². The number of carbonyl (C=O) groups is 2. The number of fused-ring (bicyclic) bond motifs is 1. The molecule has 1 saturated carbocycles. The van der Waals surface area contributed by atoms with E-state index in [0.29, 0.717) is 46.1 Å². The van der Waals surface area contributed by atoms with Crippen LogP contribution in [0.3, 0.4) is 0 Å². The van der Waals surface area contributed by atoms with E-state index in [9.17, 15) is 14.7 Å². The molecule has 1 aliphatic carbocycles. The number of carboxylic acids is 1. The average molecular weight is 534 g/mol.